The highest BCUT2D eigenvalue weighted by Crippen LogP contribution is 2.22. The van der Waals surface area contributed by atoms with Gasteiger partial charge in [0.05, 0.1) is 23.7 Å². The van der Waals surface area contributed by atoms with Gasteiger partial charge in [-0.15, -0.1) is 0 Å². The van der Waals surface area contributed by atoms with Gasteiger partial charge in [-0.05, 0) is 36.4 Å². The first-order valence-corrected chi connectivity index (χ1v) is 8.77. The molecule has 4 rings (SSSR count). The fourth-order valence-corrected chi connectivity index (χ4v) is 2.81. The summed E-state index contributed by atoms with van der Waals surface area (Å²) in [6.07, 6.45) is 3.96. The standard InChI is InChI=1S/C21H14N2O7/c24-18(17-8-4-10-29-17)22-16(11-13-5-3-9-28-13)21(27)30-12-23-19(25)14-6-1-2-7-15(14)20(23)26/h1-11H,12H2,(H,22,24). The van der Waals surface area contributed by atoms with Gasteiger partial charge in [-0.25, -0.2) is 9.69 Å². The minimum Gasteiger partial charge on any atom is -0.465 e. The minimum atomic E-state index is -0.970. The molecule has 0 saturated carbocycles. The largest absolute Gasteiger partial charge is 0.465 e. The van der Waals surface area contributed by atoms with E-state index in [9.17, 15) is 19.2 Å². The Hall–Kier alpha value is -4.40. The number of carbonyl (C=O) groups excluding carboxylic acids is 4. The lowest BCUT2D eigenvalue weighted by molar-refractivity contribution is -0.141. The molecule has 150 valence electrons. The van der Waals surface area contributed by atoms with Gasteiger partial charge in [-0.1, -0.05) is 12.1 Å². The summed E-state index contributed by atoms with van der Waals surface area (Å²) in [7, 11) is 0. The van der Waals surface area contributed by atoms with Crippen molar-refractivity contribution in [1.29, 1.82) is 0 Å². The number of fused-ring (bicyclic) bond motifs is 1. The van der Waals surface area contributed by atoms with Crippen LogP contribution in [0.5, 0.6) is 0 Å². The van der Waals surface area contributed by atoms with E-state index < -0.39 is 30.4 Å². The average molecular weight is 406 g/mol. The maximum Gasteiger partial charge on any atom is 0.356 e. The van der Waals surface area contributed by atoms with E-state index in [-0.39, 0.29) is 28.3 Å². The first-order chi connectivity index (χ1) is 14.5. The molecule has 0 aliphatic carbocycles. The highest BCUT2D eigenvalue weighted by molar-refractivity contribution is 6.21. The second-order valence-electron chi connectivity index (χ2n) is 6.15. The molecule has 3 aromatic rings. The molecule has 2 aromatic heterocycles. The van der Waals surface area contributed by atoms with Crippen LogP contribution in [0.3, 0.4) is 0 Å². The molecule has 3 amide bonds. The van der Waals surface area contributed by atoms with E-state index in [0.29, 0.717) is 0 Å². The Morgan fingerprint density at radius 1 is 0.933 bits per heavy atom. The van der Waals surface area contributed by atoms with Crippen LogP contribution in [0.4, 0.5) is 0 Å². The molecular weight excluding hydrogens is 392 g/mol. The zero-order valence-electron chi connectivity index (χ0n) is 15.4. The van der Waals surface area contributed by atoms with Crippen LogP contribution in [0, 0.1) is 0 Å². The lowest BCUT2D eigenvalue weighted by Gasteiger charge is -2.15. The quantitative estimate of drug-likeness (QED) is 0.379. The zero-order valence-corrected chi connectivity index (χ0v) is 15.4. The molecule has 0 atom stereocenters. The number of nitrogens with one attached hydrogen (secondary N) is 1. The molecule has 3 heterocycles. The summed E-state index contributed by atoms with van der Waals surface area (Å²) >= 11 is 0. The van der Waals surface area contributed by atoms with Crippen LogP contribution < -0.4 is 5.32 Å². The smallest absolute Gasteiger partial charge is 0.356 e. The third kappa shape index (κ3) is 3.63. The summed E-state index contributed by atoms with van der Waals surface area (Å²) in [5, 5.41) is 2.38. The first kappa shape index (κ1) is 18.9. The van der Waals surface area contributed by atoms with Crippen molar-refractivity contribution < 1.29 is 32.7 Å². The third-order valence-electron chi connectivity index (χ3n) is 4.25. The van der Waals surface area contributed by atoms with Crippen LogP contribution in [0.15, 0.2) is 75.6 Å². The molecule has 9 nitrogen and oxygen atoms in total. The Bertz CT molecular complexity index is 1110. The van der Waals surface area contributed by atoms with E-state index in [4.69, 9.17) is 13.6 Å². The van der Waals surface area contributed by atoms with Crippen molar-refractivity contribution in [3.8, 4) is 0 Å². The molecule has 0 bridgehead atoms. The van der Waals surface area contributed by atoms with Gasteiger partial charge in [0.25, 0.3) is 17.7 Å². The molecule has 1 aliphatic rings. The fourth-order valence-electron chi connectivity index (χ4n) is 2.81. The number of hydrogen-bond acceptors (Lipinski definition) is 7. The minimum absolute atomic E-state index is 0.0199. The van der Waals surface area contributed by atoms with Gasteiger partial charge in [0, 0.05) is 6.08 Å². The molecule has 0 fully saturated rings. The Balaban J connectivity index is 1.49. The van der Waals surface area contributed by atoms with Crippen LogP contribution in [0.2, 0.25) is 0 Å². The highest BCUT2D eigenvalue weighted by atomic mass is 16.5. The van der Waals surface area contributed by atoms with E-state index in [1.165, 1.54) is 42.9 Å². The van der Waals surface area contributed by atoms with Crippen molar-refractivity contribution in [2.45, 2.75) is 0 Å². The Labute approximate surface area is 169 Å². The van der Waals surface area contributed by atoms with E-state index in [1.54, 1.807) is 24.3 Å². The topological polar surface area (TPSA) is 119 Å². The van der Waals surface area contributed by atoms with Gasteiger partial charge in [0.1, 0.15) is 11.5 Å². The van der Waals surface area contributed by atoms with Gasteiger partial charge >= 0.3 is 5.97 Å². The molecule has 30 heavy (non-hydrogen) atoms. The van der Waals surface area contributed by atoms with Crippen LogP contribution in [-0.4, -0.2) is 35.3 Å². The SMILES string of the molecule is O=C(OCN1C(=O)c2ccccc2C1=O)C(=Cc1ccco1)NC(=O)c1ccco1. The van der Waals surface area contributed by atoms with Gasteiger partial charge in [0.15, 0.2) is 12.5 Å². The van der Waals surface area contributed by atoms with Crippen LogP contribution >= 0.6 is 0 Å². The molecule has 0 radical (unpaired) electrons. The maximum absolute atomic E-state index is 12.6. The van der Waals surface area contributed by atoms with Crippen LogP contribution in [-0.2, 0) is 9.53 Å². The van der Waals surface area contributed by atoms with Crippen molar-refractivity contribution in [2.24, 2.45) is 0 Å². The summed E-state index contributed by atoms with van der Waals surface area (Å²) in [4.78, 5) is 50.4. The molecule has 1 aromatic carbocycles. The number of carbonyl (C=O) groups is 4. The molecule has 1 aliphatic heterocycles. The van der Waals surface area contributed by atoms with Crippen molar-refractivity contribution >= 4 is 29.8 Å². The lowest BCUT2D eigenvalue weighted by Crippen LogP contribution is -2.35. The Morgan fingerprint density at radius 3 is 2.20 bits per heavy atom. The van der Waals surface area contributed by atoms with Gasteiger partial charge in [0.2, 0.25) is 0 Å². The number of ether oxygens (including phenoxy) is 1. The summed E-state index contributed by atoms with van der Waals surface area (Å²) in [6.45, 7) is -0.614. The van der Waals surface area contributed by atoms with Gasteiger partial charge in [-0.3, -0.25) is 14.4 Å². The van der Waals surface area contributed by atoms with Crippen molar-refractivity contribution in [1.82, 2.24) is 10.2 Å². The van der Waals surface area contributed by atoms with E-state index in [2.05, 4.69) is 5.32 Å². The highest BCUT2D eigenvalue weighted by Gasteiger charge is 2.36. The second kappa shape index (κ2) is 7.92. The summed E-state index contributed by atoms with van der Waals surface area (Å²) < 4.78 is 15.3. The van der Waals surface area contributed by atoms with Crippen LogP contribution in [0.1, 0.15) is 37.0 Å². The Kier molecular flexibility index (Phi) is 5.00. The van der Waals surface area contributed by atoms with E-state index >= 15 is 0 Å². The molecule has 0 saturated heterocycles. The van der Waals surface area contributed by atoms with E-state index in [0.717, 1.165) is 4.90 Å². The van der Waals surface area contributed by atoms with Crippen LogP contribution in [0.25, 0.3) is 6.08 Å². The predicted octanol–water partition coefficient (Wildman–Crippen LogP) is 2.44. The number of nitrogens with zero attached hydrogens (tertiary/aromatic N) is 1. The summed E-state index contributed by atoms with van der Waals surface area (Å²) in [5.41, 5.74) is 0.204. The van der Waals surface area contributed by atoms with Crippen molar-refractivity contribution in [3.63, 3.8) is 0 Å². The number of furan rings is 2. The zero-order chi connectivity index (χ0) is 21.1. The molecular formula is C21H14N2O7. The Morgan fingerprint density at radius 2 is 1.60 bits per heavy atom. The predicted molar refractivity (Wildman–Crippen MR) is 101 cm³/mol. The number of hydrogen-bond donors (Lipinski definition) is 1. The normalized spacial score (nSPS) is 13.3. The van der Waals surface area contributed by atoms with Crippen molar-refractivity contribution in [2.75, 3.05) is 6.73 Å². The molecule has 0 spiro atoms. The number of amides is 3. The molecule has 9 heteroatoms. The van der Waals surface area contributed by atoms with E-state index in [1.807, 2.05) is 0 Å². The number of imide groups is 1. The van der Waals surface area contributed by atoms with Gasteiger partial charge in [-0.2, -0.15) is 0 Å². The fraction of sp³-hybridized carbons (Fsp3) is 0.0476. The second-order valence-corrected chi connectivity index (χ2v) is 6.15. The monoisotopic (exact) mass is 406 g/mol. The third-order valence-corrected chi connectivity index (χ3v) is 4.25. The number of benzene rings is 1. The lowest BCUT2D eigenvalue weighted by atomic mass is 10.1. The first-order valence-electron chi connectivity index (χ1n) is 8.77. The molecule has 0 unspecified atom stereocenters. The summed E-state index contributed by atoms with van der Waals surface area (Å²) in [5.74, 6) is -2.53. The summed E-state index contributed by atoms with van der Waals surface area (Å²) in [6, 6.07) is 12.4. The van der Waals surface area contributed by atoms with Gasteiger partial charge < -0.3 is 18.9 Å². The molecule has 1 N–H and O–H groups in total. The number of rotatable bonds is 6. The average Bonchev–Trinajstić information content (AvgIpc) is 3.50. The number of esters is 1. The van der Waals surface area contributed by atoms with Crippen molar-refractivity contribution in [3.05, 3.63) is 89.4 Å². The maximum atomic E-state index is 12.6.